The molecule has 146 valence electrons. The SMILES string of the molecule is Cc1ccc(C(=O)N2c3ccccc3N(Cc3ccc(Cl)cc3)C(=O)C2C)cc1. The van der Waals surface area contributed by atoms with E-state index in [4.69, 9.17) is 11.6 Å². The van der Waals surface area contributed by atoms with Gasteiger partial charge in [-0.3, -0.25) is 14.5 Å². The zero-order valence-electron chi connectivity index (χ0n) is 16.3. The van der Waals surface area contributed by atoms with Gasteiger partial charge in [-0.2, -0.15) is 0 Å². The number of amides is 2. The molecule has 3 aromatic carbocycles. The van der Waals surface area contributed by atoms with Crippen molar-refractivity contribution < 1.29 is 9.59 Å². The van der Waals surface area contributed by atoms with Crippen molar-refractivity contribution in [1.29, 1.82) is 0 Å². The van der Waals surface area contributed by atoms with Crippen molar-refractivity contribution in [3.63, 3.8) is 0 Å². The van der Waals surface area contributed by atoms with Gasteiger partial charge in [0.2, 0.25) is 5.91 Å². The Hall–Kier alpha value is -3.11. The third kappa shape index (κ3) is 3.64. The predicted octanol–water partition coefficient (Wildman–Crippen LogP) is 5.23. The van der Waals surface area contributed by atoms with Gasteiger partial charge in [0, 0.05) is 10.6 Å². The lowest BCUT2D eigenvalue weighted by molar-refractivity contribution is -0.119. The molecule has 3 aromatic rings. The number of benzene rings is 3. The fourth-order valence-electron chi connectivity index (χ4n) is 3.62. The maximum Gasteiger partial charge on any atom is 0.259 e. The van der Waals surface area contributed by atoms with E-state index in [9.17, 15) is 9.59 Å². The zero-order chi connectivity index (χ0) is 20.5. The molecular formula is C24H21ClN2O2. The molecule has 0 saturated carbocycles. The van der Waals surface area contributed by atoms with Gasteiger partial charge in [0.15, 0.2) is 0 Å². The summed E-state index contributed by atoms with van der Waals surface area (Å²) in [5.41, 5.74) is 4.09. The molecule has 1 aliphatic rings. The van der Waals surface area contributed by atoms with E-state index < -0.39 is 6.04 Å². The molecule has 0 aromatic heterocycles. The molecule has 29 heavy (non-hydrogen) atoms. The number of carbonyl (C=O) groups excluding carboxylic acids is 2. The molecule has 1 unspecified atom stereocenters. The maximum absolute atomic E-state index is 13.3. The highest BCUT2D eigenvalue weighted by Crippen LogP contribution is 2.37. The minimum Gasteiger partial charge on any atom is -0.304 e. The minimum atomic E-state index is -0.606. The van der Waals surface area contributed by atoms with Crippen LogP contribution in [0.25, 0.3) is 0 Å². The smallest absolute Gasteiger partial charge is 0.259 e. The van der Waals surface area contributed by atoms with Gasteiger partial charge in [-0.05, 0) is 55.8 Å². The monoisotopic (exact) mass is 404 g/mol. The van der Waals surface area contributed by atoms with Gasteiger partial charge in [0.1, 0.15) is 6.04 Å². The fraction of sp³-hybridized carbons (Fsp3) is 0.167. The summed E-state index contributed by atoms with van der Waals surface area (Å²) in [6, 6.07) is 21.8. The third-order valence-electron chi connectivity index (χ3n) is 5.21. The molecule has 4 rings (SSSR count). The number of rotatable bonds is 3. The van der Waals surface area contributed by atoms with Gasteiger partial charge in [-0.15, -0.1) is 0 Å². The lowest BCUT2D eigenvalue weighted by Crippen LogP contribution is -2.54. The van der Waals surface area contributed by atoms with E-state index in [0.717, 1.165) is 22.5 Å². The topological polar surface area (TPSA) is 40.6 Å². The Morgan fingerprint density at radius 1 is 0.931 bits per heavy atom. The lowest BCUT2D eigenvalue weighted by atomic mass is 10.0. The molecule has 1 heterocycles. The number of hydrogen-bond donors (Lipinski definition) is 0. The molecule has 0 spiro atoms. The maximum atomic E-state index is 13.3. The van der Waals surface area contributed by atoms with Crippen molar-refractivity contribution in [2.24, 2.45) is 0 Å². The number of fused-ring (bicyclic) bond motifs is 1. The zero-order valence-corrected chi connectivity index (χ0v) is 17.1. The summed E-state index contributed by atoms with van der Waals surface area (Å²) in [6.45, 7) is 4.17. The number of nitrogens with zero attached hydrogens (tertiary/aromatic N) is 2. The molecule has 0 radical (unpaired) electrons. The summed E-state index contributed by atoms with van der Waals surface area (Å²) < 4.78 is 0. The summed E-state index contributed by atoms with van der Waals surface area (Å²) >= 11 is 5.98. The first-order valence-corrected chi connectivity index (χ1v) is 9.88. The summed E-state index contributed by atoms with van der Waals surface area (Å²) in [5.74, 6) is -0.288. The van der Waals surface area contributed by atoms with E-state index in [1.807, 2.05) is 67.6 Å². The largest absolute Gasteiger partial charge is 0.304 e. The summed E-state index contributed by atoms with van der Waals surface area (Å²) in [5, 5.41) is 0.655. The Morgan fingerprint density at radius 3 is 2.21 bits per heavy atom. The van der Waals surface area contributed by atoms with E-state index in [2.05, 4.69) is 0 Å². The average molecular weight is 405 g/mol. The Kier molecular flexibility index (Phi) is 5.12. The number of anilines is 2. The number of para-hydroxylation sites is 2. The molecule has 4 nitrogen and oxygen atoms in total. The van der Waals surface area contributed by atoms with Crippen LogP contribution < -0.4 is 9.80 Å². The molecular weight excluding hydrogens is 384 g/mol. The highest BCUT2D eigenvalue weighted by Gasteiger charge is 2.38. The normalized spacial score (nSPS) is 16.0. The van der Waals surface area contributed by atoms with Crippen LogP contribution in [0.15, 0.2) is 72.8 Å². The average Bonchev–Trinajstić information content (AvgIpc) is 2.73. The second-order valence-corrected chi connectivity index (χ2v) is 7.69. The predicted molar refractivity (Wildman–Crippen MR) is 117 cm³/mol. The summed E-state index contributed by atoms with van der Waals surface area (Å²) in [4.78, 5) is 29.9. The Balaban J connectivity index is 1.73. The van der Waals surface area contributed by atoms with E-state index in [1.54, 1.807) is 28.9 Å². The second-order valence-electron chi connectivity index (χ2n) is 7.26. The van der Waals surface area contributed by atoms with Crippen LogP contribution >= 0.6 is 11.6 Å². The van der Waals surface area contributed by atoms with Gasteiger partial charge in [0.05, 0.1) is 17.9 Å². The number of halogens is 1. The van der Waals surface area contributed by atoms with E-state index >= 15 is 0 Å². The minimum absolute atomic E-state index is 0.112. The first-order valence-electron chi connectivity index (χ1n) is 9.51. The Bertz CT molecular complexity index is 1060. The van der Waals surface area contributed by atoms with Crippen molar-refractivity contribution in [3.8, 4) is 0 Å². The van der Waals surface area contributed by atoms with Crippen molar-refractivity contribution in [2.75, 3.05) is 9.80 Å². The van der Waals surface area contributed by atoms with Gasteiger partial charge >= 0.3 is 0 Å². The highest BCUT2D eigenvalue weighted by atomic mass is 35.5. The highest BCUT2D eigenvalue weighted by molar-refractivity contribution is 6.30. The van der Waals surface area contributed by atoms with Crippen LogP contribution in [-0.2, 0) is 11.3 Å². The van der Waals surface area contributed by atoms with Crippen LogP contribution in [0.3, 0.4) is 0 Å². The molecule has 0 saturated heterocycles. The van der Waals surface area contributed by atoms with Crippen molar-refractivity contribution in [3.05, 3.63) is 94.5 Å². The van der Waals surface area contributed by atoms with Crippen LogP contribution in [0.5, 0.6) is 0 Å². The van der Waals surface area contributed by atoms with Gasteiger partial charge in [-0.1, -0.05) is 53.6 Å². The quantitative estimate of drug-likeness (QED) is 0.599. The van der Waals surface area contributed by atoms with Crippen LogP contribution in [-0.4, -0.2) is 17.9 Å². The number of hydrogen-bond acceptors (Lipinski definition) is 2. The van der Waals surface area contributed by atoms with Crippen LogP contribution in [0.4, 0.5) is 11.4 Å². The lowest BCUT2D eigenvalue weighted by Gasteiger charge is -2.40. The van der Waals surface area contributed by atoms with Crippen LogP contribution in [0.1, 0.15) is 28.4 Å². The molecule has 0 fully saturated rings. The first kappa shape index (κ1) is 19.2. The molecule has 0 bridgehead atoms. The third-order valence-corrected chi connectivity index (χ3v) is 5.47. The fourth-order valence-corrected chi connectivity index (χ4v) is 3.74. The molecule has 2 amide bonds. The van der Waals surface area contributed by atoms with Crippen LogP contribution in [0.2, 0.25) is 5.02 Å². The van der Waals surface area contributed by atoms with E-state index in [0.29, 0.717) is 17.1 Å². The standard InChI is InChI=1S/C24H21ClN2O2/c1-16-7-11-19(12-8-16)24(29)27-17(2)23(28)26(21-5-3-4-6-22(21)27)15-18-9-13-20(25)14-10-18/h3-14,17H,15H2,1-2H3. The number of carbonyl (C=O) groups is 2. The van der Waals surface area contributed by atoms with Gasteiger partial charge in [0.25, 0.3) is 5.91 Å². The second kappa shape index (κ2) is 7.72. The number of aryl methyl sites for hydroxylation is 1. The Morgan fingerprint density at radius 2 is 1.55 bits per heavy atom. The molecule has 1 aliphatic heterocycles. The Labute approximate surface area is 175 Å². The molecule has 0 N–H and O–H groups in total. The summed E-state index contributed by atoms with van der Waals surface area (Å²) in [6.07, 6.45) is 0. The molecule has 1 atom stereocenters. The molecule has 5 heteroatoms. The van der Waals surface area contributed by atoms with Crippen molar-refractivity contribution >= 4 is 34.8 Å². The van der Waals surface area contributed by atoms with E-state index in [1.165, 1.54) is 0 Å². The summed E-state index contributed by atoms with van der Waals surface area (Å²) in [7, 11) is 0. The van der Waals surface area contributed by atoms with Crippen molar-refractivity contribution in [2.45, 2.75) is 26.4 Å². The molecule has 0 aliphatic carbocycles. The van der Waals surface area contributed by atoms with Gasteiger partial charge in [-0.25, -0.2) is 0 Å². The first-order chi connectivity index (χ1) is 14.0. The van der Waals surface area contributed by atoms with E-state index in [-0.39, 0.29) is 11.8 Å². The van der Waals surface area contributed by atoms with Crippen LogP contribution in [0, 0.1) is 6.92 Å². The van der Waals surface area contributed by atoms with Crippen molar-refractivity contribution in [1.82, 2.24) is 0 Å². The van der Waals surface area contributed by atoms with Gasteiger partial charge < -0.3 is 4.90 Å².